The first-order chi connectivity index (χ1) is 11.4. The Morgan fingerprint density at radius 1 is 1.21 bits per heavy atom. The van der Waals surface area contributed by atoms with Crippen molar-refractivity contribution in [2.24, 2.45) is 11.3 Å². The van der Waals surface area contributed by atoms with Crippen molar-refractivity contribution in [1.82, 2.24) is 4.90 Å². The number of rotatable bonds is 9. The van der Waals surface area contributed by atoms with Gasteiger partial charge in [-0.05, 0) is 43.6 Å². The highest BCUT2D eigenvalue weighted by Crippen LogP contribution is 2.47. The standard InChI is InChI=1S/C21H39NO2/c1-6-9-15-22(8-3)16-12-19-17-23-21(24-19)13-10-18(11-14-21)20(4,5)7-2/h6,18-19H,1,7-17H2,2-5H3. The van der Waals surface area contributed by atoms with Crippen molar-refractivity contribution < 1.29 is 9.47 Å². The Balaban J connectivity index is 1.76. The van der Waals surface area contributed by atoms with Gasteiger partial charge in [-0.1, -0.05) is 40.2 Å². The minimum Gasteiger partial charge on any atom is -0.347 e. The van der Waals surface area contributed by atoms with Gasteiger partial charge in [-0.25, -0.2) is 0 Å². The molecule has 1 aliphatic heterocycles. The molecule has 1 spiro atoms. The van der Waals surface area contributed by atoms with Gasteiger partial charge in [0, 0.05) is 25.9 Å². The maximum absolute atomic E-state index is 6.41. The Hall–Kier alpha value is -0.380. The summed E-state index contributed by atoms with van der Waals surface area (Å²) in [4.78, 5) is 2.48. The van der Waals surface area contributed by atoms with Crippen LogP contribution in [0.5, 0.6) is 0 Å². The third kappa shape index (κ3) is 5.06. The van der Waals surface area contributed by atoms with Gasteiger partial charge in [0.15, 0.2) is 5.79 Å². The molecule has 1 heterocycles. The maximum Gasteiger partial charge on any atom is 0.168 e. The van der Waals surface area contributed by atoms with Crippen LogP contribution in [0.3, 0.4) is 0 Å². The van der Waals surface area contributed by atoms with Gasteiger partial charge in [0.2, 0.25) is 0 Å². The minimum absolute atomic E-state index is 0.261. The van der Waals surface area contributed by atoms with Gasteiger partial charge < -0.3 is 14.4 Å². The second kappa shape index (κ2) is 8.82. The molecule has 0 radical (unpaired) electrons. The lowest BCUT2D eigenvalue weighted by Crippen LogP contribution is -2.39. The SMILES string of the molecule is C=CCCN(CC)CCC1COC2(CCC(C(C)(C)CC)CC2)O1. The molecule has 0 bridgehead atoms. The van der Waals surface area contributed by atoms with E-state index in [0.29, 0.717) is 5.41 Å². The van der Waals surface area contributed by atoms with Gasteiger partial charge in [0.05, 0.1) is 12.7 Å². The first-order valence-electron chi connectivity index (χ1n) is 10.1. The van der Waals surface area contributed by atoms with E-state index in [9.17, 15) is 0 Å². The van der Waals surface area contributed by atoms with E-state index in [4.69, 9.17) is 9.47 Å². The molecular weight excluding hydrogens is 298 g/mol. The molecule has 0 N–H and O–H groups in total. The Bertz CT molecular complexity index is 385. The fraction of sp³-hybridized carbons (Fsp3) is 0.905. The largest absolute Gasteiger partial charge is 0.347 e. The van der Waals surface area contributed by atoms with Crippen LogP contribution in [0.1, 0.15) is 72.6 Å². The van der Waals surface area contributed by atoms with E-state index in [1.807, 2.05) is 6.08 Å². The summed E-state index contributed by atoms with van der Waals surface area (Å²) in [6.07, 6.45) is 10.3. The second-order valence-corrected chi connectivity index (χ2v) is 8.38. The monoisotopic (exact) mass is 337 g/mol. The number of hydrogen-bond acceptors (Lipinski definition) is 3. The molecule has 0 aromatic rings. The zero-order chi connectivity index (χ0) is 17.6. The first-order valence-corrected chi connectivity index (χ1v) is 10.1. The summed E-state index contributed by atoms with van der Waals surface area (Å²) < 4.78 is 12.6. The van der Waals surface area contributed by atoms with Crippen LogP contribution in [-0.2, 0) is 9.47 Å². The average molecular weight is 338 g/mol. The molecule has 0 aromatic heterocycles. The van der Waals surface area contributed by atoms with E-state index in [1.165, 1.54) is 19.3 Å². The summed E-state index contributed by atoms with van der Waals surface area (Å²) in [5.74, 6) is 0.553. The fourth-order valence-electron chi connectivity index (χ4n) is 4.18. The van der Waals surface area contributed by atoms with Crippen molar-refractivity contribution >= 4 is 0 Å². The van der Waals surface area contributed by atoms with Crippen molar-refractivity contribution in [3.05, 3.63) is 12.7 Å². The predicted octanol–water partition coefficient (Wildman–Crippen LogP) is 5.01. The van der Waals surface area contributed by atoms with E-state index in [-0.39, 0.29) is 11.9 Å². The Morgan fingerprint density at radius 2 is 1.92 bits per heavy atom. The zero-order valence-electron chi connectivity index (χ0n) is 16.5. The first kappa shape index (κ1) is 19.9. The molecule has 1 saturated carbocycles. The van der Waals surface area contributed by atoms with Crippen LogP contribution < -0.4 is 0 Å². The average Bonchev–Trinajstić information content (AvgIpc) is 2.98. The number of nitrogens with zero attached hydrogens (tertiary/aromatic N) is 1. The van der Waals surface area contributed by atoms with Crippen LogP contribution in [0, 0.1) is 11.3 Å². The van der Waals surface area contributed by atoms with Crippen LogP contribution in [-0.4, -0.2) is 43.0 Å². The lowest BCUT2D eigenvalue weighted by molar-refractivity contribution is -0.197. The van der Waals surface area contributed by atoms with Crippen LogP contribution in [0.4, 0.5) is 0 Å². The molecule has 0 amide bonds. The lowest BCUT2D eigenvalue weighted by Gasteiger charge is -2.42. The summed E-state index contributed by atoms with van der Waals surface area (Å²) >= 11 is 0. The van der Waals surface area contributed by atoms with Crippen LogP contribution in [0.2, 0.25) is 0 Å². The van der Waals surface area contributed by atoms with Gasteiger partial charge in [0.1, 0.15) is 0 Å². The lowest BCUT2D eigenvalue weighted by atomic mass is 9.68. The van der Waals surface area contributed by atoms with Gasteiger partial charge in [-0.15, -0.1) is 6.58 Å². The molecule has 2 fully saturated rings. The van der Waals surface area contributed by atoms with Crippen LogP contribution in [0.25, 0.3) is 0 Å². The van der Waals surface area contributed by atoms with E-state index < -0.39 is 0 Å². The molecule has 1 aliphatic carbocycles. The van der Waals surface area contributed by atoms with Gasteiger partial charge in [-0.2, -0.15) is 0 Å². The molecule has 24 heavy (non-hydrogen) atoms. The number of ether oxygens (including phenoxy) is 2. The second-order valence-electron chi connectivity index (χ2n) is 8.38. The van der Waals surface area contributed by atoms with E-state index in [0.717, 1.165) is 57.8 Å². The Morgan fingerprint density at radius 3 is 2.50 bits per heavy atom. The molecule has 1 unspecified atom stereocenters. The quantitative estimate of drug-likeness (QED) is 0.552. The molecule has 2 aliphatic rings. The molecular formula is C21H39NO2. The summed E-state index contributed by atoms with van der Waals surface area (Å²) in [7, 11) is 0. The van der Waals surface area contributed by atoms with Gasteiger partial charge in [0.25, 0.3) is 0 Å². The summed E-state index contributed by atoms with van der Waals surface area (Å²) in [5.41, 5.74) is 0.451. The molecule has 2 rings (SSSR count). The summed E-state index contributed by atoms with van der Waals surface area (Å²) in [6.45, 7) is 17.3. The fourth-order valence-corrected chi connectivity index (χ4v) is 4.18. The van der Waals surface area contributed by atoms with Crippen molar-refractivity contribution in [3.8, 4) is 0 Å². The highest BCUT2D eigenvalue weighted by atomic mass is 16.7. The molecule has 3 nitrogen and oxygen atoms in total. The van der Waals surface area contributed by atoms with Crippen LogP contribution >= 0.6 is 0 Å². The minimum atomic E-state index is -0.261. The van der Waals surface area contributed by atoms with Crippen molar-refractivity contribution in [2.45, 2.75) is 84.5 Å². The number of hydrogen-bond donors (Lipinski definition) is 0. The highest BCUT2D eigenvalue weighted by Gasteiger charge is 2.46. The molecule has 1 atom stereocenters. The third-order valence-electron chi connectivity index (χ3n) is 6.54. The third-order valence-corrected chi connectivity index (χ3v) is 6.54. The molecule has 140 valence electrons. The summed E-state index contributed by atoms with van der Waals surface area (Å²) in [5, 5.41) is 0. The summed E-state index contributed by atoms with van der Waals surface area (Å²) in [6, 6.07) is 0. The normalized spacial score (nSPS) is 31.0. The molecule has 1 saturated heterocycles. The Labute approximate surface area is 149 Å². The van der Waals surface area contributed by atoms with Crippen LogP contribution in [0.15, 0.2) is 12.7 Å². The predicted molar refractivity (Wildman–Crippen MR) is 101 cm³/mol. The zero-order valence-corrected chi connectivity index (χ0v) is 16.5. The van der Waals surface area contributed by atoms with Crippen molar-refractivity contribution in [1.29, 1.82) is 0 Å². The van der Waals surface area contributed by atoms with E-state index >= 15 is 0 Å². The smallest absolute Gasteiger partial charge is 0.168 e. The van der Waals surface area contributed by atoms with E-state index in [1.54, 1.807) is 0 Å². The topological polar surface area (TPSA) is 21.7 Å². The molecule has 3 heteroatoms. The molecule has 0 aromatic carbocycles. The van der Waals surface area contributed by atoms with E-state index in [2.05, 4.69) is 39.2 Å². The Kier molecular flexibility index (Phi) is 7.33. The highest BCUT2D eigenvalue weighted by molar-refractivity contribution is 4.89. The van der Waals surface area contributed by atoms with Gasteiger partial charge >= 0.3 is 0 Å². The van der Waals surface area contributed by atoms with Crippen molar-refractivity contribution in [2.75, 3.05) is 26.2 Å². The van der Waals surface area contributed by atoms with Crippen molar-refractivity contribution in [3.63, 3.8) is 0 Å². The maximum atomic E-state index is 6.41. The van der Waals surface area contributed by atoms with Gasteiger partial charge in [-0.3, -0.25) is 0 Å².